The van der Waals surface area contributed by atoms with Crippen molar-refractivity contribution in [2.24, 2.45) is 7.05 Å². The van der Waals surface area contributed by atoms with Crippen LogP contribution in [-0.4, -0.2) is 74.1 Å². The van der Waals surface area contributed by atoms with E-state index in [0.717, 1.165) is 63.2 Å². The Morgan fingerprint density at radius 3 is 2.52 bits per heavy atom. The van der Waals surface area contributed by atoms with Crippen molar-refractivity contribution in [2.45, 2.75) is 75.0 Å². The van der Waals surface area contributed by atoms with E-state index < -0.39 is 28.8 Å². The molecule has 5 heterocycles. The van der Waals surface area contributed by atoms with Crippen molar-refractivity contribution in [3.63, 3.8) is 0 Å². The van der Waals surface area contributed by atoms with Crippen molar-refractivity contribution in [1.29, 1.82) is 5.26 Å². The number of piperidine rings is 1. The molecule has 4 aliphatic rings. The van der Waals surface area contributed by atoms with Crippen LogP contribution in [0.2, 0.25) is 0 Å². The van der Waals surface area contributed by atoms with Gasteiger partial charge >= 0.3 is 6.03 Å². The number of rotatable bonds is 6. The first-order chi connectivity index (χ1) is 27.9. The number of aryl methyl sites for hydroxylation is 1. The maximum Gasteiger partial charge on any atom is 0.329 e. The molecule has 58 heavy (non-hydrogen) atoms. The Morgan fingerprint density at radius 1 is 1.00 bits per heavy atom. The van der Waals surface area contributed by atoms with Gasteiger partial charge in [-0.3, -0.25) is 29.1 Å². The molecule has 4 fully saturated rings. The van der Waals surface area contributed by atoms with E-state index in [0.29, 0.717) is 29.2 Å². The maximum absolute atomic E-state index is 16.0. The summed E-state index contributed by atoms with van der Waals surface area (Å²) >= 11 is 0. The van der Waals surface area contributed by atoms with Gasteiger partial charge in [0, 0.05) is 44.5 Å². The van der Waals surface area contributed by atoms with E-state index in [1.165, 1.54) is 40.1 Å². The number of nitrogens with two attached hydrogens (primary N) is 1. The summed E-state index contributed by atoms with van der Waals surface area (Å²) in [5.74, 6) is -2.00. The van der Waals surface area contributed by atoms with Crippen LogP contribution < -0.4 is 26.8 Å². The highest BCUT2D eigenvalue weighted by Crippen LogP contribution is 2.44. The monoisotopic (exact) mass is 794 g/mol. The quantitative estimate of drug-likeness (QED) is 0.176. The van der Waals surface area contributed by atoms with Crippen molar-refractivity contribution in [2.75, 3.05) is 42.2 Å². The van der Waals surface area contributed by atoms with E-state index in [4.69, 9.17) is 10.5 Å². The molecule has 1 aliphatic carbocycles. The molecule has 9 rings (SSSR count). The maximum atomic E-state index is 16.0. The summed E-state index contributed by atoms with van der Waals surface area (Å²) in [7, 11) is 1.77. The van der Waals surface area contributed by atoms with Gasteiger partial charge in [-0.15, -0.1) is 0 Å². The SMILES string of the molecule is Cn1nc(N2CCC(=O)NC2=O)c2cc(F)c(C3CCC(N4CCC5(CC4)C[C@@H](n4cnc6ccc(Nc7c(F)ccc(N)c7C#N)c(F)c6c4=O)CO5)CC3)cc21. The summed E-state index contributed by atoms with van der Waals surface area (Å²) in [6, 6.07) is 9.72. The Kier molecular flexibility index (Phi) is 9.35. The second-order valence-electron chi connectivity index (χ2n) is 15.9. The molecule has 1 spiro atoms. The van der Waals surface area contributed by atoms with Gasteiger partial charge in [-0.25, -0.2) is 22.9 Å². The topological polar surface area (TPSA) is 176 Å². The van der Waals surface area contributed by atoms with Gasteiger partial charge in [0.25, 0.3) is 5.56 Å². The molecule has 1 saturated carbocycles. The highest BCUT2D eigenvalue weighted by molar-refractivity contribution is 6.08. The number of anilines is 4. The molecule has 3 aliphatic heterocycles. The molecule has 300 valence electrons. The zero-order valence-corrected chi connectivity index (χ0v) is 31.7. The number of likely N-dealkylation sites (tertiary alicyclic amines) is 1. The molecule has 0 bridgehead atoms. The number of benzene rings is 3. The van der Waals surface area contributed by atoms with Crippen molar-refractivity contribution in [3.8, 4) is 6.07 Å². The predicted molar refractivity (Wildman–Crippen MR) is 209 cm³/mol. The number of imide groups is 1. The van der Waals surface area contributed by atoms with Gasteiger partial charge in [-0.1, -0.05) is 0 Å². The average molecular weight is 795 g/mol. The van der Waals surface area contributed by atoms with E-state index in [1.807, 2.05) is 12.1 Å². The van der Waals surface area contributed by atoms with Crippen LogP contribution in [0.1, 0.15) is 74.5 Å². The largest absolute Gasteiger partial charge is 0.398 e. The van der Waals surface area contributed by atoms with Crippen LogP contribution in [0.3, 0.4) is 0 Å². The third-order valence-corrected chi connectivity index (χ3v) is 12.7. The third-order valence-electron chi connectivity index (χ3n) is 12.7. The fourth-order valence-electron chi connectivity index (χ4n) is 9.46. The number of hydrogen-bond acceptors (Lipinski definition) is 10. The molecule has 3 saturated heterocycles. The minimum Gasteiger partial charge on any atom is -0.398 e. The van der Waals surface area contributed by atoms with E-state index in [2.05, 4.69) is 25.6 Å². The van der Waals surface area contributed by atoms with Gasteiger partial charge in [0.05, 0.1) is 52.7 Å². The number of hydrogen-bond donors (Lipinski definition) is 3. The summed E-state index contributed by atoms with van der Waals surface area (Å²) < 4.78 is 55.9. The molecular weight excluding hydrogens is 754 g/mol. The molecule has 4 N–H and O–H groups in total. The van der Waals surface area contributed by atoms with Gasteiger partial charge < -0.3 is 20.7 Å². The number of aromatic nitrogens is 4. The number of halogens is 3. The Morgan fingerprint density at radius 2 is 1.78 bits per heavy atom. The summed E-state index contributed by atoms with van der Waals surface area (Å²) in [4.78, 5) is 46.2. The van der Waals surface area contributed by atoms with Gasteiger partial charge in [0.15, 0.2) is 11.6 Å². The Balaban J connectivity index is 0.842. The highest BCUT2D eigenvalue weighted by Gasteiger charge is 2.45. The number of amides is 3. The van der Waals surface area contributed by atoms with E-state index in [1.54, 1.807) is 11.7 Å². The fourth-order valence-corrected chi connectivity index (χ4v) is 9.46. The van der Waals surface area contributed by atoms with E-state index in [-0.39, 0.29) is 76.8 Å². The number of nitriles is 1. The summed E-state index contributed by atoms with van der Waals surface area (Å²) in [6.07, 6.45) is 7.17. The molecule has 0 unspecified atom stereocenters. The summed E-state index contributed by atoms with van der Waals surface area (Å²) in [5, 5.41) is 19.2. The van der Waals surface area contributed by atoms with Gasteiger partial charge in [-0.05, 0) is 92.8 Å². The second kappa shape index (κ2) is 14.4. The number of fused-ring (bicyclic) bond motifs is 2. The zero-order chi connectivity index (χ0) is 40.5. The van der Waals surface area contributed by atoms with Crippen LogP contribution in [0.4, 0.5) is 40.8 Å². The number of nitrogens with zero attached hydrogens (tertiary/aromatic N) is 7. The highest BCUT2D eigenvalue weighted by atomic mass is 19.1. The lowest BCUT2D eigenvalue weighted by Crippen LogP contribution is -2.49. The lowest BCUT2D eigenvalue weighted by molar-refractivity contribution is -0.120. The number of nitrogens with one attached hydrogen (secondary N) is 2. The molecule has 3 aromatic carbocycles. The number of urea groups is 1. The summed E-state index contributed by atoms with van der Waals surface area (Å²) in [5.41, 5.74) is 5.73. The lowest BCUT2D eigenvalue weighted by atomic mass is 9.79. The number of carbonyl (C=O) groups is 2. The van der Waals surface area contributed by atoms with Gasteiger partial charge in [0.1, 0.15) is 28.7 Å². The number of ether oxygens (including phenoxy) is 1. The molecule has 3 amide bonds. The van der Waals surface area contributed by atoms with E-state index in [9.17, 15) is 24.0 Å². The molecule has 1 atom stereocenters. The fraction of sp³-hybridized carbons (Fsp3) is 0.415. The first kappa shape index (κ1) is 37.6. The van der Waals surface area contributed by atoms with Crippen molar-refractivity contribution in [1.82, 2.24) is 29.5 Å². The predicted octanol–water partition coefficient (Wildman–Crippen LogP) is 5.87. The number of nitrogen functional groups attached to an aromatic ring is 1. The molecule has 14 nitrogen and oxygen atoms in total. The van der Waals surface area contributed by atoms with Gasteiger partial charge in [0.2, 0.25) is 5.91 Å². The zero-order valence-electron chi connectivity index (χ0n) is 31.7. The Labute approximate surface area is 330 Å². The standard InChI is InChI=1S/C41H41F3N10O4/c1-51-33-17-25(29(43)16-26(33)38(50-51)53-13-10-34(55)49-40(53)57)22-2-4-23(5-3-22)52-14-11-41(12-15-52)18-24(20-58-41)54-21-47-31-8-9-32(36(44)35(31)39(54)56)48-37-27(19-45)30(46)7-6-28(37)42/h6-9,16-17,21-24,48H,2-5,10-15,18,20,46H2,1H3,(H,49,55,57)/t22?,23?,24-/m1/s1. The van der Waals surface area contributed by atoms with Crippen LogP contribution in [0.5, 0.6) is 0 Å². The van der Waals surface area contributed by atoms with Crippen LogP contribution in [0.15, 0.2) is 47.5 Å². The molecule has 17 heteroatoms. The normalized spacial score (nSPS) is 22.5. The second-order valence-corrected chi connectivity index (χ2v) is 15.9. The minimum absolute atomic E-state index is 0.0290. The van der Waals surface area contributed by atoms with Crippen molar-refractivity contribution >= 4 is 56.6 Å². The Bertz CT molecular complexity index is 2610. The molecule has 0 radical (unpaired) electrons. The minimum atomic E-state index is -0.913. The Hall–Kier alpha value is -5.99. The van der Waals surface area contributed by atoms with E-state index >= 15 is 8.78 Å². The van der Waals surface area contributed by atoms with Gasteiger partial charge in [-0.2, -0.15) is 10.4 Å². The average Bonchev–Trinajstić information content (AvgIpc) is 3.76. The molecular formula is C41H41F3N10O4. The van der Waals surface area contributed by atoms with Crippen LogP contribution >= 0.6 is 0 Å². The first-order valence-corrected chi connectivity index (χ1v) is 19.5. The number of carbonyl (C=O) groups excluding carboxylic acids is 2. The lowest BCUT2D eigenvalue weighted by Gasteiger charge is -2.44. The van der Waals surface area contributed by atoms with Crippen molar-refractivity contribution in [3.05, 3.63) is 81.7 Å². The molecule has 5 aromatic rings. The third kappa shape index (κ3) is 6.40. The smallest absolute Gasteiger partial charge is 0.329 e. The molecule has 2 aromatic heterocycles. The van der Waals surface area contributed by atoms with Crippen molar-refractivity contribution < 1.29 is 27.5 Å². The van der Waals surface area contributed by atoms with Crippen LogP contribution in [-0.2, 0) is 16.6 Å². The summed E-state index contributed by atoms with van der Waals surface area (Å²) in [6.45, 7) is 2.09. The van der Waals surface area contributed by atoms with Crippen LogP contribution in [0, 0.1) is 28.8 Å². The first-order valence-electron chi connectivity index (χ1n) is 19.5. The van der Waals surface area contributed by atoms with Crippen LogP contribution in [0.25, 0.3) is 21.8 Å².